The molecule has 1 fully saturated rings. The Balaban J connectivity index is 0.000000490. The third-order valence-corrected chi connectivity index (χ3v) is 1.43. The predicted octanol–water partition coefficient (Wildman–Crippen LogP) is 1.20. The lowest BCUT2D eigenvalue weighted by atomic mass is 10.1. The van der Waals surface area contributed by atoms with Crippen molar-refractivity contribution >= 4 is 12.4 Å². The summed E-state index contributed by atoms with van der Waals surface area (Å²) in [4.78, 5) is 0. The molecule has 1 atom stereocenters. The lowest BCUT2D eigenvalue weighted by Crippen LogP contribution is -2.06. The van der Waals surface area contributed by atoms with Gasteiger partial charge in [-0.2, -0.15) is 0 Å². The second kappa shape index (κ2) is 3.93. The van der Waals surface area contributed by atoms with Crippen LogP contribution in [-0.4, -0.2) is 13.1 Å². The van der Waals surface area contributed by atoms with Crippen molar-refractivity contribution in [1.29, 1.82) is 0 Å². The van der Waals surface area contributed by atoms with Crippen molar-refractivity contribution in [3.05, 3.63) is 12.7 Å². The number of rotatable bonds is 1. The topological polar surface area (TPSA) is 12.0 Å². The van der Waals surface area contributed by atoms with E-state index in [2.05, 4.69) is 11.9 Å². The van der Waals surface area contributed by atoms with Crippen LogP contribution in [0.1, 0.15) is 6.42 Å². The van der Waals surface area contributed by atoms with E-state index in [9.17, 15) is 0 Å². The van der Waals surface area contributed by atoms with Crippen LogP contribution in [0.4, 0.5) is 0 Å². The van der Waals surface area contributed by atoms with E-state index in [1.165, 1.54) is 13.0 Å². The normalized spacial score (nSPS) is 26.8. The molecular formula is C6H12ClN. The van der Waals surface area contributed by atoms with E-state index >= 15 is 0 Å². The predicted molar refractivity (Wildman–Crippen MR) is 38.4 cm³/mol. The molecule has 0 saturated carbocycles. The van der Waals surface area contributed by atoms with Crippen molar-refractivity contribution in [3.8, 4) is 0 Å². The maximum atomic E-state index is 3.70. The summed E-state index contributed by atoms with van der Waals surface area (Å²) in [5.74, 6) is 0.750. The molecule has 1 N–H and O–H groups in total. The maximum absolute atomic E-state index is 3.70. The first-order chi connectivity index (χ1) is 3.43. The summed E-state index contributed by atoms with van der Waals surface area (Å²) in [5, 5.41) is 3.25. The molecular weight excluding hydrogens is 122 g/mol. The molecule has 1 aliphatic rings. The SMILES string of the molecule is C=C[C@@H]1CCNC1.Cl. The summed E-state index contributed by atoms with van der Waals surface area (Å²) in [7, 11) is 0. The Labute approximate surface area is 56.6 Å². The second-order valence-corrected chi connectivity index (χ2v) is 1.99. The van der Waals surface area contributed by atoms with Crippen LogP contribution in [0.25, 0.3) is 0 Å². The highest BCUT2D eigenvalue weighted by atomic mass is 35.5. The summed E-state index contributed by atoms with van der Waals surface area (Å²) < 4.78 is 0. The van der Waals surface area contributed by atoms with Crippen molar-refractivity contribution < 1.29 is 0 Å². The van der Waals surface area contributed by atoms with Crippen LogP contribution >= 0.6 is 12.4 Å². The Bertz CT molecular complexity index is 66.9. The summed E-state index contributed by atoms with van der Waals surface area (Å²) in [6.07, 6.45) is 3.31. The Morgan fingerprint density at radius 1 is 1.62 bits per heavy atom. The Morgan fingerprint density at radius 3 is 2.62 bits per heavy atom. The molecule has 48 valence electrons. The monoisotopic (exact) mass is 133 g/mol. The minimum atomic E-state index is 0. The van der Waals surface area contributed by atoms with E-state index in [1.54, 1.807) is 0 Å². The van der Waals surface area contributed by atoms with Crippen LogP contribution in [0.15, 0.2) is 12.7 Å². The summed E-state index contributed by atoms with van der Waals surface area (Å²) in [5.41, 5.74) is 0. The molecule has 0 aromatic carbocycles. The van der Waals surface area contributed by atoms with Gasteiger partial charge in [-0.3, -0.25) is 0 Å². The Hall–Kier alpha value is -0.0100. The molecule has 0 unspecified atom stereocenters. The summed E-state index contributed by atoms with van der Waals surface area (Å²) in [6, 6.07) is 0. The van der Waals surface area contributed by atoms with E-state index in [0.29, 0.717) is 0 Å². The number of nitrogens with one attached hydrogen (secondary N) is 1. The Kier molecular flexibility index (Phi) is 3.92. The molecule has 0 bridgehead atoms. The molecule has 8 heavy (non-hydrogen) atoms. The minimum absolute atomic E-state index is 0. The van der Waals surface area contributed by atoms with Gasteiger partial charge in [0, 0.05) is 6.54 Å². The third-order valence-electron chi connectivity index (χ3n) is 1.43. The maximum Gasteiger partial charge on any atom is 0.00145 e. The van der Waals surface area contributed by atoms with Crippen LogP contribution in [0.2, 0.25) is 0 Å². The van der Waals surface area contributed by atoms with Gasteiger partial charge in [-0.05, 0) is 18.9 Å². The Morgan fingerprint density at radius 2 is 2.38 bits per heavy atom. The lowest BCUT2D eigenvalue weighted by molar-refractivity contribution is 0.730. The van der Waals surface area contributed by atoms with Crippen LogP contribution in [-0.2, 0) is 0 Å². The fourth-order valence-corrected chi connectivity index (χ4v) is 0.878. The molecule has 1 rings (SSSR count). The first kappa shape index (κ1) is 7.99. The van der Waals surface area contributed by atoms with Gasteiger partial charge in [0.2, 0.25) is 0 Å². The fraction of sp³-hybridized carbons (Fsp3) is 0.667. The highest BCUT2D eigenvalue weighted by Gasteiger charge is 2.08. The van der Waals surface area contributed by atoms with Gasteiger partial charge in [0.15, 0.2) is 0 Å². The molecule has 1 saturated heterocycles. The van der Waals surface area contributed by atoms with E-state index in [0.717, 1.165) is 12.5 Å². The molecule has 0 aromatic heterocycles. The molecule has 2 heteroatoms. The van der Waals surface area contributed by atoms with Gasteiger partial charge in [0.05, 0.1) is 0 Å². The first-order valence-corrected chi connectivity index (χ1v) is 2.77. The quantitative estimate of drug-likeness (QED) is 0.531. The third kappa shape index (κ3) is 1.85. The van der Waals surface area contributed by atoms with Gasteiger partial charge in [0.25, 0.3) is 0 Å². The number of hydrogen-bond acceptors (Lipinski definition) is 1. The van der Waals surface area contributed by atoms with Crippen molar-refractivity contribution in [3.63, 3.8) is 0 Å². The second-order valence-electron chi connectivity index (χ2n) is 1.99. The average Bonchev–Trinajstić information content (AvgIpc) is 2.14. The van der Waals surface area contributed by atoms with Gasteiger partial charge >= 0.3 is 0 Å². The molecule has 0 amide bonds. The van der Waals surface area contributed by atoms with Crippen LogP contribution in [0.3, 0.4) is 0 Å². The summed E-state index contributed by atoms with van der Waals surface area (Å²) >= 11 is 0. The first-order valence-electron chi connectivity index (χ1n) is 2.77. The zero-order valence-corrected chi connectivity index (χ0v) is 5.71. The highest BCUT2D eigenvalue weighted by molar-refractivity contribution is 5.85. The van der Waals surface area contributed by atoms with Gasteiger partial charge < -0.3 is 5.32 Å². The molecule has 1 nitrogen and oxygen atoms in total. The van der Waals surface area contributed by atoms with E-state index in [-0.39, 0.29) is 12.4 Å². The van der Waals surface area contributed by atoms with Gasteiger partial charge in [-0.25, -0.2) is 0 Å². The smallest absolute Gasteiger partial charge is 0.00145 e. The van der Waals surface area contributed by atoms with Crippen molar-refractivity contribution in [2.45, 2.75) is 6.42 Å². The zero-order chi connectivity index (χ0) is 5.11. The molecule has 1 aliphatic heterocycles. The highest BCUT2D eigenvalue weighted by Crippen LogP contribution is 2.06. The van der Waals surface area contributed by atoms with E-state index in [1.807, 2.05) is 6.08 Å². The lowest BCUT2D eigenvalue weighted by Gasteiger charge is -1.93. The summed E-state index contributed by atoms with van der Waals surface area (Å²) in [6.45, 7) is 6.02. The van der Waals surface area contributed by atoms with Gasteiger partial charge in [-0.15, -0.1) is 19.0 Å². The molecule has 0 spiro atoms. The molecule has 0 radical (unpaired) electrons. The van der Waals surface area contributed by atoms with Gasteiger partial charge in [-0.1, -0.05) is 6.08 Å². The fourth-order valence-electron chi connectivity index (χ4n) is 0.878. The van der Waals surface area contributed by atoms with Crippen molar-refractivity contribution in [2.75, 3.05) is 13.1 Å². The van der Waals surface area contributed by atoms with Crippen LogP contribution < -0.4 is 5.32 Å². The van der Waals surface area contributed by atoms with Gasteiger partial charge in [0.1, 0.15) is 0 Å². The van der Waals surface area contributed by atoms with E-state index < -0.39 is 0 Å². The van der Waals surface area contributed by atoms with Crippen molar-refractivity contribution in [2.24, 2.45) is 5.92 Å². The molecule has 0 aromatic rings. The van der Waals surface area contributed by atoms with Crippen LogP contribution in [0, 0.1) is 5.92 Å². The zero-order valence-electron chi connectivity index (χ0n) is 4.89. The molecule has 1 heterocycles. The minimum Gasteiger partial charge on any atom is -0.316 e. The number of halogens is 1. The number of hydrogen-bond donors (Lipinski definition) is 1. The largest absolute Gasteiger partial charge is 0.316 e. The van der Waals surface area contributed by atoms with E-state index in [4.69, 9.17) is 0 Å². The standard InChI is InChI=1S/C6H11N.ClH/c1-2-6-3-4-7-5-6;/h2,6-7H,1,3-5H2;1H/t6-;/m1./s1. The van der Waals surface area contributed by atoms with Crippen LogP contribution in [0.5, 0.6) is 0 Å². The average molecular weight is 134 g/mol. The molecule has 0 aliphatic carbocycles. The van der Waals surface area contributed by atoms with Crippen molar-refractivity contribution in [1.82, 2.24) is 5.32 Å².